The van der Waals surface area contributed by atoms with Crippen molar-refractivity contribution in [2.24, 2.45) is 0 Å². The Kier molecular flexibility index (Phi) is 3.78. The fourth-order valence-corrected chi connectivity index (χ4v) is 2.60. The number of ether oxygens (including phenoxy) is 1. The summed E-state index contributed by atoms with van der Waals surface area (Å²) in [5, 5.41) is 9.02. The minimum absolute atomic E-state index is 0.299. The summed E-state index contributed by atoms with van der Waals surface area (Å²) in [4.78, 5) is 12.3. The van der Waals surface area contributed by atoms with Gasteiger partial charge in [-0.15, -0.1) is 10.2 Å². The number of carbonyl (C=O) groups is 1. The first-order valence-corrected chi connectivity index (χ1v) is 7.92. The van der Waals surface area contributed by atoms with Crippen LogP contribution in [0.25, 0.3) is 28.0 Å². The third kappa shape index (κ3) is 2.89. The van der Waals surface area contributed by atoms with Gasteiger partial charge in [-0.3, -0.25) is 4.79 Å². The minimum atomic E-state index is 0.299. The third-order valence-corrected chi connectivity index (χ3v) is 3.79. The zero-order valence-corrected chi connectivity index (χ0v) is 13.5. The molecule has 2 aromatic carbocycles. The van der Waals surface area contributed by atoms with E-state index < -0.39 is 0 Å². The number of aromatic nitrogens is 3. The van der Waals surface area contributed by atoms with Gasteiger partial charge in [-0.2, -0.15) is 4.80 Å². The monoisotopic (exact) mass is 333 g/mol. The molecule has 0 bridgehead atoms. The summed E-state index contributed by atoms with van der Waals surface area (Å²) < 4.78 is 10.9. The standard InChI is InChI=1S/C19H15N3O3/c1-2-24-15-6-4-14(5-7-15)22-20-17-9-3-13(11-18(17)21-22)19-10-8-16(12-23)25-19/h3-12H,2H2,1H3. The van der Waals surface area contributed by atoms with Crippen molar-refractivity contribution in [3.05, 3.63) is 60.4 Å². The molecule has 4 rings (SSSR count). The van der Waals surface area contributed by atoms with E-state index in [9.17, 15) is 4.79 Å². The van der Waals surface area contributed by atoms with Gasteiger partial charge in [-0.1, -0.05) is 0 Å². The molecule has 0 unspecified atom stereocenters. The molecule has 4 aromatic rings. The van der Waals surface area contributed by atoms with E-state index in [0.29, 0.717) is 24.4 Å². The molecule has 25 heavy (non-hydrogen) atoms. The smallest absolute Gasteiger partial charge is 0.185 e. The molecule has 6 nitrogen and oxygen atoms in total. The highest BCUT2D eigenvalue weighted by molar-refractivity contribution is 5.81. The van der Waals surface area contributed by atoms with Crippen molar-refractivity contribution >= 4 is 17.3 Å². The fourth-order valence-electron chi connectivity index (χ4n) is 2.60. The van der Waals surface area contributed by atoms with E-state index in [1.807, 2.05) is 49.4 Å². The highest BCUT2D eigenvalue weighted by atomic mass is 16.5. The van der Waals surface area contributed by atoms with Crippen LogP contribution < -0.4 is 4.74 Å². The lowest BCUT2D eigenvalue weighted by Gasteiger charge is -2.03. The molecule has 0 N–H and O–H groups in total. The Hall–Kier alpha value is -3.41. The number of nitrogens with zero attached hydrogens (tertiary/aromatic N) is 3. The second-order valence-electron chi connectivity index (χ2n) is 5.44. The number of aldehydes is 1. The number of furan rings is 1. The molecular formula is C19H15N3O3. The summed E-state index contributed by atoms with van der Waals surface area (Å²) in [6, 6.07) is 16.7. The molecule has 0 atom stereocenters. The van der Waals surface area contributed by atoms with Crippen LogP contribution in [0, 0.1) is 0 Å². The van der Waals surface area contributed by atoms with Crippen molar-refractivity contribution in [3.63, 3.8) is 0 Å². The Morgan fingerprint density at radius 1 is 1.04 bits per heavy atom. The van der Waals surface area contributed by atoms with Gasteiger partial charge in [-0.25, -0.2) is 0 Å². The maximum Gasteiger partial charge on any atom is 0.185 e. The minimum Gasteiger partial charge on any atom is -0.494 e. The molecule has 0 spiro atoms. The van der Waals surface area contributed by atoms with Gasteiger partial charge in [0.15, 0.2) is 12.0 Å². The van der Waals surface area contributed by atoms with Gasteiger partial charge in [0.1, 0.15) is 22.5 Å². The van der Waals surface area contributed by atoms with Gasteiger partial charge in [0, 0.05) is 5.56 Å². The van der Waals surface area contributed by atoms with Gasteiger partial charge >= 0.3 is 0 Å². The lowest BCUT2D eigenvalue weighted by atomic mass is 10.1. The highest BCUT2D eigenvalue weighted by Crippen LogP contribution is 2.25. The van der Waals surface area contributed by atoms with Crippen molar-refractivity contribution in [3.8, 4) is 22.8 Å². The predicted octanol–water partition coefficient (Wildman–Crippen LogP) is 3.89. The van der Waals surface area contributed by atoms with E-state index in [2.05, 4.69) is 10.2 Å². The Bertz CT molecular complexity index is 1030. The lowest BCUT2D eigenvalue weighted by Crippen LogP contribution is -1.98. The summed E-state index contributed by atoms with van der Waals surface area (Å²) in [5.74, 6) is 1.74. The van der Waals surface area contributed by atoms with Crippen molar-refractivity contribution in [1.29, 1.82) is 0 Å². The van der Waals surface area contributed by atoms with Gasteiger partial charge in [-0.05, 0) is 61.5 Å². The Balaban J connectivity index is 1.69. The van der Waals surface area contributed by atoms with Crippen LogP contribution in [0.5, 0.6) is 5.75 Å². The molecule has 2 aromatic heterocycles. The number of benzene rings is 2. The van der Waals surface area contributed by atoms with Crippen LogP contribution in [0.3, 0.4) is 0 Å². The molecule has 0 aliphatic carbocycles. The number of rotatable bonds is 5. The zero-order valence-electron chi connectivity index (χ0n) is 13.5. The Morgan fingerprint density at radius 3 is 2.56 bits per heavy atom. The fraction of sp³-hybridized carbons (Fsp3) is 0.105. The molecule has 124 valence electrons. The number of hydrogen-bond acceptors (Lipinski definition) is 5. The summed E-state index contributed by atoms with van der Waals surface area (Å²) in [5.41, 5.74) is 3.22. The lowest BCUT2D eigenvalue weighted by molar-refractivity contribution is 0.110. The van der Waals surface area contributed by atoms with Crippen LogP contribution in [0.4, 0.5) is 0 Å². The number of hydrogen-bond donors (Lipinski definition) is 0. The van der Waals surface area contributed by atoms with E-state index in [1.165, 1.54) is 0 Å². The van der Waals surface area contributed by atoms with Crippen LogP contribution in [0.2, 0.25) is 0 Å². The van der Waals surface area contributed by atoms with Gasteiger partial charge in [0.05, 0.1) is 12.3 Å². The van der Waals surface area contributed by atoms with Gasteiger partial charge in [0.2, 0.25) is 0 Å². The normalized spacial score (nSPS) is 10.9. The molecule has 0 radical (unpaired) electrons. The second-order valence-corrected chi connectivity index (χ2v) is 5.44. The molecule has 0 aliphatic rings. The maximum absolute atomic E-state index is 10.8. The molecular weight excluding hydrogens is 318 g/mol. The first-order chi connectivity index (χ1) is 12.3. The van der Waals surface area contributed by atoms with Crippen molar-refractivity contribution < 1.29 is 13.9 Å². The quantitative estimate of drug-likeness (QED) is 0.518. The summed E-state index contributed by atoms with van der Waals surface area (Å²) >= 11 is 0. The predicted molar refractivity (Wildman–Crippen MR) is 93.1 cm³/mol. The Labute approximate surface area is 143 Å². The topological polar surface area (TPSA) is 70.2 Å². The Morgan fingerprint density at radius 2 is 1.84 bits per heavy atom. The van der Waals surface area contributed by atoms with E-state index in [0.717, 1.165) is 28.0 Å². The van der Waals surface area contributed by atoms with Crippen LogP contribution in [0.15, 0.2) is 59.0 Å². The van der Waals surface area contributed by atoms with Crippen molar-refractivity contribution in [2.45, 2.75) is 6.92 Å². The molecule has 2 heterocycles. The highest BCUT2D eigenvalue weighted by Gasteiger charge is 2.09. The number of fused-ring (bicyclic) bond motifs is 1. The molecule has 6 heteroatoms. The third-order valence-electron chi connectivity index (χ3n) is 3.79. The molecule has 0 fully saturated rings. The second kappa shape index (κ2) is 6.24. The molecule has 0 aliphatic heterocycles. The zero-order chi connectivity index (χ0) is 17.2. The van der Waals surface area contributed by atoms with E-state index in [1.54, 1.807) is 16.9 Å². The summed E-state index contributed by atoms with van der Waals surface area (Å²) in [7, 11) is 0. The summed E-state index contributed by atoms with van der Waals surface area (Å²) in [6.45, 7) is 2.58. The van der Waals surface area contributed by atoms with Gasteiger partial charge < -0.3 is 9.15 Å². The van der Waals surface area contributed by atoms with Crippen molar-refractivity contribution in [1.82, 2.24) is 15.0 Å². The van der Waals surface area contributed by atoms with Crippen LogP contribution in [-0.2, 0) is 0 Å². The number of carbonyl (C=O) groups excluding carboxylic acids is 1. The van der Waals surface area contributed by atoms with Crippen molar-refractivity contribution in [2.75, 3.05) is 6.61 Å². The first kappa shape index (κ1) is 15.1. The van der Waals surface area contributed by atoms with Crippen LogP contribution >= 0.6 is 0 Å². The molecule has 0 saturated heterocycles. The SMILES string of the molecule is CCOc1ccc(-n2nc3ccc(-c4ccc(C=O)o4)cc3n2)cc1. The maximum atomic E-state index is 10.8. The summed E-state index contributed by atoms with van der Waals surface area (Å²) in [6.07, 6.45) is 0.685. The average molecular weight is 333 g/mol. The average Bonchev–Trinajstić information content (AvgIpc) is 3.28. The van der Waals surface area contributed by atoms with Gasteiger partial charge in [0.25, 0.3) is 0 Å². The first-order valence-electron chi connectivity index (χ1n) is 7.92. The molecule has 0 saturated carbocycles. The van der Waals surface area contributed by atoms with E-state index in [-0.39, 0.29) is 0 Å². The van der Waals surface area contributed by atoms with E-state index >= 15 is 0 Å². The van der Waals surface area contributed by atoms with Crippen LogP contribution in [0.1, 0.15) is 17.5 Å². The van der Waals surface area contributed by atoms with Crippen LogP contribution in [-0.4, -0.2) is 27.9 Å². The molecule has 0 amide bonds. The largest absolute Gasteiger partial charge is 0.494 e. The van der Waals surface area contributed by atoms with E-state index in [4.69, 9.17) is 9.15 Å².